The Balaban J connectivity index is 1.77. The van der Waals surface area contributed by atoms with Crippen molar-refractivity contribution in [2.75, 3.05) is 38.8 Å². The lowest BCUT2D eigenvalue weighted by Crippen LogP contribution is -2.49. The second-order valence-electron chi connectivity index (χ2n) is 7.53. The molecule has 7 heteroatoms. The summed E-state index contributed by atoms with van der Waals surface area (Å²) in [5.74, 6) is 2.12. The van der Waals surface area contributed by atoms with Gasteiger partial charge in [-0.1, -0.05) is 31.9 Å². The van der Waals surface area contributed by atoms with Crippen LogP contribution in [0.2, 0.25) is 0 Å². The second-order valence-corrected chi connectivity index (χ2v) is 8.39. The number of para-hydroxylation sites is 1. The van der Waals surface area contributed by atoms with E-state index in [4.69, 9.17) is 14.2 Å². The number of nitrogens with zero attached hydrogens (tertiary/aromatic N) is 2. The van der Waals surface area contributed by atoms with Crippen molar-refractivity contribution in [1.29, 1.82) is 0 Å². The lowest BCUT2D eigenvalue weighted by atomic mass is 10.1. The molecular formula is C24H31BrN2O4. The summed E-state index contributed by atoms with van der Waals surface area (Å²) in [7, 11) is 3.28. The van der Waals surface area contributed by atoms with Gasteiger partial charge in [-0.25, -0.2) is 4.79 Å². The summed E-state index contributed by atoms with van der Waals surface area (Å²) in [5.41, 5.74) is 1.80. The van der Waals surface area contributed by atoms with Gasteiger partial charge < -0.3 is 19.1 Å². The highest BCUT2D eigenvalue weighted by atomic mass is 79.9. The van der Waals surface area contributed by atoms with E-state index in [1.54, 1.807) is 14.2 Å². The van der Waals surface area contributed by atoms with Gasteiger partial charge in [-0.2, -0.15) is 0 Å². The van der Waals surface area contributed by atoms with Gasteiger partial charge in [0.1, 0.15) is 5.75 Å². The molecule has 1 aliphatic heterocycles. The minimum atomic E-state index is -0.0182. The van der Waals surface area contributed by atoms with Crippen LogP contribution >= 0.6 is 15.9 Å². The molecule has 0 bridgehead atoms. The van der Waals surface area contributed by atoms with E-state index < -0.39 is 0 Å². The largest absolute Gasteiger partial charge is 0.495 e. The Labute approximate surface area is 193 Å². The van der Waals surface area contributed by atoms with Crippen LogP contribution in [0.5, 0.6) is 17.2 Å². The number of ether oxygens (including phenoxy) is 3. The summed E-state index contributed by atoms with van der Waals surface area (Å²) in [6, 6.07) is 11.6. The van der Waals surface area contributed by atoms with Crippen LogP contribution < -0.4 is 19.1 Å². The van der Waals surface area contributed by atoms with Gasteiger partial charge in [0.05, 0.1) is 31.8 Å². The minimum Gasteiger partial charge on any atom is -0.495 e. The third-order valence-corrected chi connectivity index (χ3v) is 6.01. The molecular weight excluding hydrogens is 460 g/mol. The number of unbranched alkanes of at least 4 members (excludes halogenated alkanes) is 2. The molecule has 1 fully saturated rings. The zero-order valence-corrected chi connectivity index (χ0v) is 20.1. The zero-order valence-electron chi connectivity index (χ0n) is 18.5. The molecule has 1 heterocycles. The Kier molecular flexibility index (Phi) is 8.46. The molecule has 0 atom stereocenters. The summed E-state index contributed by atoms with van der Waals surface area (Å²) in [4.78, 5) is 17.0. The summed E-state index contributed by atoms with van der Waals surface area (Å²) < 4.78 is 17.8. The van der Waals surface area contributed by atoms with Crippen molar-refractivity contribution in [3.05, 3.63) is 46.4 Å². The number of anilines is 1. The smallest absolute Gasteiger partial charge is 0.324 e. The monoisotopic (exact) mass is 490 g/mol. The van der Waals surface area contributed by atoms with Crippen LogP contribution in [0.4, 0.5) is 10.5 Å². The quantitative estimate of drug-likeness (QED) is 0.391. The third-order valence-electron chi connectivity index (χ3n) is 5.39. The van der Waals surface area contributed by atoms with Gasteiger partial charge in [0.15, 0.2) is 11.5 Å². The van der Waals surface area contributed by atoms with Gasteiger partial charge in [-0.3, -0.25) is 4.90 Å². The zero-order chi connectivity index (χ0) is 22.2. The van der Waals surface area contributed by atoms with Crippen molar-refractivity contribution in [3.8, 4) is 17.2 Å². The van der Waals surface area contributed by atoms with Crippen LogP contribution in [-0.2, 0) is 6.54 Å². The van der Waals surface area contributed by atoms with Gasteiger partial charge >= 0.3 is 6.03 Å². The minimum absolute atomic E-state index is 0.0182. The number of rotatable bonds is 10. The number of hydrogen-bond donors (Lipinski definition) is 0. The van der Waals surface area contributed by atoms with E-state index in [0.29, 0.717) is 37.7 Å². The molecule has 0 saturated carbocycles. The fourth-order valence-electron chi connectivity index (χ4n) is 3.76. The molecule has 0 radical (unpaired) electrons. The van der Waals surface area contributed by atoms with Crippen LogP contribution in [0.1, 0.15) is 38.2 Å². The number of amides is 2. The maximum absolute atomic E-state index is 13.3. The van der Waals surface area contributed by atoms with Crippen molar-refractivity contribution < 1.29 is 19.0 Å². The van der Waals surface area contributed by atoms with E-state index in [-0.39, 0.29) is 6.03 Å². The number of carbonyl (C=O) groups is 1. The van der Waals surface area contributed by atoms with Gasteiger partial charge in [0, 0.05) is 30.4 Å². The fourth-order valence-corrected chi connectivity index (χ4v) is 4.33. The maximum atomic E-state index is 13.3. The topological polar surface area (TPSA) is 51.2 Å². The van der Waals surface area contributed by atoms with E-state index in [9.17, 15) is 4.79 Å². The first-order valence-electron chi connectivity index (χ1n) is 10.8. The summed E-state index contributed by atoms with van der Waals surface area (Å²) in [6.07, 6.45) is 4.15. The van der Waals surface area contributed by atoms with Crippen LogP contribution in [0.15, 0.2) is 40.9 Å². The first-order valence-corrected chi connectivity index (χ1v) is 11.6. The van der Waals surface area contributed by atoms with Crippen molar-refractivity contribution in [2.24, 2.45) is 0 Å². The third kappa shape index (κ3) is 5.64. The highest BCUT2D eigenvalue weighted by Crippen LogP contribution is 2.34. The van der Waals surface area contributed by atoms with Crippen molar-refractivity contribution in [3.63, 3.8) is 0 Å². The number of halogens is 1. The molecule has 31 heavy (non-hydrogen) atoms. The highest BCUT2D eigenvalue weighted by Gasteiger charge is 2.28. The van der Waals surface area contributed by atoms with E-state index in [2.05, 4.69) is 22.9 Å². The standard InChI is InChI=1S/C24H31BrN2O4/c1-4-5-6-15-31-22-16-19(11-12-21(22)29-2)27-14-8-13-26(24(27)28)17-18-9-7-10-20(25)23(18)30-3/h7,9-12,16H,4-6,8,13-15,17H2,1-3H3. The van der Waals surface area contributed by atoms with E-state index in [1.165, 1.54) is 0 Å². The number of carbonyl (C=O) groups excluding carboxylic acids is 1. The average molecular weight is 491 g/mol. The van der Waals surface area contributed by atoms with Gasteiger partial charge in [-0.15, -0.1) is 0 Å². The normalized spacial score (nSPS) is 14.0. The molecule has 3 rings (SSSR count). The predicted octanol–water partition coefficient (Wildman–Crippen LogP) is 5.87. The molecule has 168 valence electrons. The van der Waals surface area contributed by atoms with Gasteiger partial charge in [0.2, 0.25) is 0 Å². The first kappa shape index (κ1) is 23.3. The molecule has 0 unspecified atom stereocenters. The summed E-state index contributed by atoms with van der Waals surface area (Å²) in [6.45, 7) is 4.68. The fraction of sp³-hybridized carbons (Fsp3) is 0.458. The predicted molar refractivity (Wildman–Crippen MR) is 126 cm³/mol. The highest BCUT2D eigenvalue weighted by molar-refractivity contribution is 9.10. The Bertz CT molecular complexity index is 890. The number of hydrogen-bond acceptors (Lipinski definition) is 4. The van der Waals surface area contributed by atoms with E-state index in [1.807, 2.05) is 46.2 Å². The molecule has 0 spiro atoms. The van der Waals surface area contributed by atoms with Crippen LogP contribution in [0.25, 0.3) is 0 Å². The van der Waals surface area contributed by atoms with Crippen LogP contribution in [0.3, 0.4) is 0 Å². The second kappa shape index (κ2) is 11.3. The van der Waals surface area contributed by atoms with E-state index >= 15 is 0 Å². The lowest BCUT2D eigenvalue weighted by Gasteiger charge is -2.36. The van der Waals surface area contributed by atoms with Gasteiger partial charge in [-0.05, 0) is 47.0 Å². The molecule has 2 aromatic carbocycles. The van der Waals surface area contributed by atoms with E-state index in [0.717, 1.165) is 47.2 Å². The molecule has 0 aromatic heterocycles. The van der Waals surface area contributed by atoms with Crippen LogP contribution in [-0.4, -0.2) is 44.8 Å². The Morgan fingerprint density at radius 3 is 2.61 bits per heavy atom. The Morgan fingerprint density at radius 2 is 1.87 bits per heavy atom. The SMILES string of the molecule is CCCCCOc1cc(N2CCCN(Cc3cccc(Br)c3OC)C2=O)ccc1OC. The molecule has 1 aliphatic rings. The Hall–Kier alpha value is -2.41. The number of urea groups is 1. The van der Waals surface area contributed by atoms with Crippen molar-refractivity contribution in [1.82, 2.24) is 4.90 Å². The molecule has 6 nitrogen and oxygen atoms in total. The molecule has 2 amide bonds. The summed E-state index contributed by atoms with van der Waals surface area (Å²) >= 11 is 3.52. The lowest BCUT2D eigenvalue weighted by molar-refractivity contribution is 0.191. The number of methoxy groups -OCH3 is 2. The molecule has 1 saturated heterocycles. The Morgan fingerprint density at radius 1 is 1.03 bits per heavy atom. The van der Waals surface area contributed by atoms with Crippen molar-refractivity contribution in [2.45, 2.75) is 39.2 Å². The van der Waals surface area contributed by atoms with Crippen molar-refractivity contribution >= 4 is 27.6 Å². The molecule has 0 aliphatic carbocycles. The van der Waals surface area contributed by atoms with Crippen LogP contribution in [0, 0.1) is 0 Å². The van der Waals surface area contributed by atoms with Gasteiger partial charge in [0.25, 0.3) is 0 Å². The molecule has 2 aromatic rings. The average Bonchev–Trinajstić information content (AvgIpc) is 2.78. The first-order chi connectivity index (χ1) is 15.1. The number of benzene rings is 2. The summed E-state index contributed by atoms with van der Waals surface area (Å²) in [5, 5.41) is 0. The molecule has 0 N–H and O–H groups in total. The maximum Gasteiger partial charge on any atom is 0.324 e.